The number of nitrogens with one attached hydrogen (secondary N) is 2. The van der Waals surface area contributed by atoms with Crippen molar-refractivity contribution in [1.82, 2.24) is 9.97 Å². The number of carbonyl (C=O) groups is 1. The third-order valence-corrected chi connectivity index (χ3v) is 3.57. The molecule has 3 aromatic rings. The SMILES string of the molecule is COc1ccc(Nc2cnc(C(=O)Nc3cccc(OC)c3)cn2)cc1. The summed E-state index contributed by atoms with van der Waals surface area (Å²) < 4.78 is 10.3. The number of nitrogens with zero attached hydrogens (tertiary/aromatic N) is 2. The van der Waals surface area contributed by atoms with Crippen molar-refractivity contribution in [3.8, 4) is 11.5 Å². The van der Waals surface area contributed by atoms with Gasteiger partial charge in [0.15, 0.2) is 0 Å². The maximum absolute atomic E-state index is 12.3. The third-order valence-electron chi connectivity index (χ3n) is 3.57. The highest BCUT2D eigenvalue weighted by Crippen LogP contribution is 2.19. The second-order valence-corrected chi connectivity index (χ2v) is 5.33. The molecule has 0 aliphatic rings. The van der Waals surface area contributed by atoms with Gasteiger partial charge in [-0.2, -0.15) is 0 Å². The Morgan fingerprint density at radius 1 is 0.885 bits per heavy atom. The normalized spacial score (nSPS) is 10.1. The predicted octanol–water partition coefficient (Wildman–Crippen LogP) is 3.49. The van der Waals surface area contributed by atoms with Crippen LogP contribution in [0.1, 0.15) is 10.5 Å². The molecule has 0 radical (unpaired) electrons. The Kier molecular flexibility index (Phi) is 5.28. The van der Waals surface area contributed by atoms with E-state index in [1.54, 1.807) is 38.5 Å². The van der Waals surface area contributed by atoms with E-state index in [0.29, 0.717) is 17.3 Å². The molecule has 2 N–H and O–H groups in total. The summed E-state index contributed by atoms with van der Waals surface area (Å²) in [7, 11) is 3.18. The second kappa shape index (κ2) is 7.98. The van der Waals surface area contributed by atoms with Crippen LogP contribution in [-0.2, 0) is 0 Å². The maximum Gasteiger partial charge on any atom is 0.275 e. The van der Waals surface area contributed by atoms with Crippen molar-refractivity contribution in [1.29, 1.82) is 0 Å². The summed E-state index contributed by atoms with van der Waals surface area (Å²) >= 11 is 0. The van der Waals surface area contributed by atoms with Gasteiger partial charge in [0.2, 0.25) is 0 Å². The summed E-state index contributed by atoms with van der Waals surface area (Å²) in [6.45, 7) is 0. The molecule has 26 heavy (non-hydrogen) atoms. The summed E-state index contributed by atoms with van der Waals surface area (Å²) in [6.07, 6.45) is 2.92. The number of rotatable bonds is 6. The van der Waals surface area contributed by atoms with E-state index in [1.807, 2.05) is 24.3 Å². The Bertz CT molecular complexity index is 880. The minimum Gasteiger partial charge on any atom is -0.497 e. The van der Waals surface area contributed by atoms with E-state index in [0.717, 1.165) is 11.4 Å². The molecule has 132 valence electrons. The van der Waals surface area contributed by atoms with Crippen LogP contribution in [0.25, 0.3) is 0 Å². The largest absolute Gasteiger partial charge is 0.497 e. The Hall–Kier alpha value is -3.61. The van der Waals surface area contributed by atoms with Crippen LogP contribution in [-0.4, -0.2) is 30.1 Å². The number of hydrogen-bond donors (Lipinski definition) is 2. The summed E-state index contributed by atoms with van der Waals surface area (Å²) in [4.78, 5) is 20.6. The Morgan fingerprint density at radius 2 is 1.65 bits per heavy atom. The van der Waals surface area contributed by atoms with Crippen LogP contribution in [0, 0.1) is 0 Å². The quantitative estimate of drug-likeness (QED) is 0.708. The number of benzene rings is 2. The van der Waals surface area contributed by atoms with Crippen molar-refractivity contribution >= 4 is 23.1 Å². The number of carbonyl (C=O) groups excluding carboxylic acids is 1. The van der Waals surface area contributed by atoms with E-state index in [4.69, 9.17) is 9.47 Å². The molecular weight excluding hydrogens is 332 g/mol. The summed E-state index contributed by atoms with van der Waals surface area (Å²) in [6, 6.07) is 14.5. The lowest BCUT2D eigenvalue weighted by molar-refractivity contribution is 0.102. The Labute approximate surface area is 151 Å². The van der Waals surface area contributed by atoms with Crippen LogP contribution in [0.4, 0.5) is 17.2 Å². The topological polar surface area (TPSA) is 85.4 Å². The van der Waals surface area contributed by atoms with E-state index >= 15 is 0 Å². The monoisotopic (exact) mass is 350 g/mol. The molecule has 0 spiro atoms. The van der Waals surface area contributed by atoms with Gasteiger partial charge < -0.3 is 20.1 Å². The fraction of sp³-hybridized carbons (Fsp3) is 0.105. The second-order valence-electron chi connectivity index (χ2n) is 5.33. The lowest BCUT2D eigenvalue weighted by Gasteiger charge is -2.08. The molecule has 0 aliphatic heterocycles. The van der Waals surface area contributed by atoms with E-state index in [-0.39, 0.29) is 11.6 Å². The number of methoxy groups -OCH3 is 2. The van der Waals surface area contributed by atoms with Crippen LogP contribution >= 0.6 is 0 Å². The number of aromatic nitrogens is 2. The van der Waals surface area contributed by atoms with Gasteiger partial charge in [-0.1, -0.05) is 6.07 Å². The van der Waals surface area contributed by atoms with Gasteiger partial charge in [-0.25, -0.2) is 9.97 Å². The lowest BCUT2D eigenvalue weighted by Crippen LogP contribution is -2.14. The number of hydrogen-bond acceptors (Lipinski definition) is 6. The van der Waals surface area contributed by atoms with Crippen LogP contribution < -0.4 is 20.1 Å². The highest BCUT2D eigenvalue weighted by Gasteiger charge is 2.09. The molecule has 0 aliphatic carbocycles. The van der Waals surface area contributed by atoms with Crippen molar-refractivity contribution in [2.24, 2.45) is 0 Å². The summed E-state index contributed by atoms with van der Waals surface area (Å²) in [5, 5.41) is 5.87. The molecule has 0 fully saturated rings. The summed E-state index contributed by atoms with van der Waals surface area (Å²) in [5.41, 5.74) is 1.68. The first-order valence-corrected chi connectivity index (χ1v) is 7.86. The van der Waals surface area contributed by atoms with E-state index in [9.17, 15) is 4.79 Å². The average molecular weight is 350 g/mol. The van der Waals surface area contributed by atoms with Gasteiger partial charge in [0.1, 0.15) is 23.0 Å². The predicted molar refractivity (Wildman–Crippen MR) is 99.3 cm³/mol. The highest BCUT2D eigenvalue weighted by molar-refractivity contribution is 6.02. The van der Waals surface area contributed by atoms with Crippen molar-refractivity contribution in [2.45, 2.75) is 0 Å². The molecule has 0 bridgehead atoms. The molecule has 1 heterocycles. The van der Waals surface area contributed by atoms with E-state index in [1.165, 1.54) is 12.4 Å². The maximum atomic E-state index is 12.3. The van der Waals surface area contributed by atoms with Crippen LogP contribution in [0.5, 0.6) is 11.5 Å². The minimum absolute atomic E-state index is 0.216. The van der Waals surface area contributed by atoms with Crippen molar-refractivity contribution in [3.05, 3.63) is 66.6 Å². The van der Waals surface area contributed by atoms with Crippen molar-refractivity contribution in [3.63, 3.8) is 0 Å². The summed E-state index contributed by atoms with van der Waals surface area (Å²) in [5.74, 6) is 1.62. The third kappa shape index (κ3) is 4.27. The zero-order valence-corrected chi connectivity index (χ0v) is 14.4. The first-order chi connectivity index (χ1) is 12.7. The van der Waals surface area contributed by atoms with Crippen LogP contribution in [0.15, 0.2) is 60.9 Å². The van der Waals surface area contributed by atoms with Gasteiger partial charge in [-0.05, 0) is 36.4 Å². The fourth-order valence-corrected chi connectivity index (χ4v) is 2.23. The lowest BCUT2D eigenvalue weighted by atomic mass is 10.3. The molecule has 2 aromatic carbocycles. The molecule has 0 saturated carbocycles. The molecule has 7 nitrogen and oxygen atoms in total. The molecule has 7 heteroatoms. The van der Waals surface area contributed by atoms with E-state index in [2.05, 4.69) is 20.6 Å². The van der Waals surface area contributed by atoms with Gasteiger partial charge in [0, 0.05) is 17.4 Å². The standard InChI is InChI=1S/C19H18N4O3/c1-25-15-8-6-13(7-9-15)22-18-12-20-17(11-21-18)19(24)23-14-4-3-5-16(10-14)26-2/h3-12H,1-2H3,(H,21,22)(H,23,24). The minimum atomic E-state index is -0.346. The van der Waals surface area contributed by atoms with Crippen molar-refractivity contribution in [2.75, 3.05) is 24.9 Å². The number of ether oxygens (including phenoxy) is 2. The molecular formula is C19H18N4O3. The molecule has 0 unspecified atom stereocenters. The van der Waals surface area contributed by atoms with Gasteiger partial charge in [-0.15, -0.1) is 0 Å². The van der Waals surface area contributed by atoms with Crippen LogP contribution in [0.2, 0.25) is 0 Å². The van der Waals surface area contributed by atoms with Crippen molar-refractivity contribution < 1.29 is 14.3 Å². The van der Waals surface area contributed by atoms with Gasteiger partial charge in [0.05, 0.1) is 26.6 Å². The molecule has 0 saturated heterocycles. The Balaban J connectivity index is 1.65. The first-order valence-electron chi connectivity index (χ1n) is 7.86. The molecule has 3 rings (SSSR count). The zero-order chi connectivity index (χ0) is 18.4. The number of anilines is 3. The average Bonchev–Trinajstić information content (AvgIpc) is 2.69. The van der Waals surface area contributed by atoms with Crippen LogP contribution in [0.3, 0.4) is 0 Å². The zero-order valence-electron chi connectivity index (χ0n) is 14.4. The molecule has 1 amide bonds. The molecule has 0 atom stereocenters. The van der Waals surface area contributed by atoms with Gasteiger partial charge in [-0.3, -0.25) is 4.79 Å². The van der Waals surface area contributed by atoms with Gasteiger partial charge in [0.25, 0.3) is 5.91 Å². The smallest absolute Gasteiger partial charge is 0.275 e. The molecule has 1 aromatic heterocycles. The Morgan fingerprint density at radius 3 is 2.31 bits per heavy atom. The number of amides is 1. The first kappa shape index (κ1) is 17.2. The van der Waals surface area contributed by atoms with E-state index < -0.39 is 0 Å². The highest BCUT2D eigenvalue weighted by atomic mass is 16.5. The fourth-order valence-electron chi connectivity index (χ4n) is 2.23. The van der Waals surface area contributed by atoms with Gasteiger partial charge >= 0.3 is 0 Å².